The molecule has 12 atom stereocenters. The van der Waals surface area contributed by atoms with Gasteiger partial charge in [0.15, 0.2) is 6.29 Å². The topological polar surface area (TPSA) is 80.2 Å². The van der Waals surface area contributed by atoms with Crippen molar-refractivity contribution in [2.24, 2.45) is 45.3 Å². The summed E-state index contributed by atoms with van der Waals surface area (Å²) in [6.07, 6.45) is 11.9. The number of hydrogen-bond donors (Lipinski definition) is 3. The van der Waals surface area contributed by atoms with Crippen molar-refractivity contribution >= 4 is 0 Å². The summed E-state index contributed by atoms with van der Waals surface area (Å²) in [5, 5.41) is 24.7. The SMILES string of the molecule is CC12CCC34CC35CC[C@H](OC3CNCCO3)C(C)(C)C5CCC4C1CC1OC([C@H](O)C(C)(C)O)CCC12.[HH]. The van der Waals surface area contributed by atoms with Gasteiger partial charge in [-0.15, -0.1) is 0 Å². The fraction of sp³-hybridized carbons (Fsp3) is 1.00. The average molecular weight is 534 g/mol. The molecule has 218 valence electrons. The predicted molar refractivity (Wildman–Crippen MR) is 147 cm³/mol. The highest BCUT2D eigenvalue weighted by atomic mass is 16.7. The molecule has 38 heavy (non-hydrogen) atoms. The summed E-state index contributed by atoms with van der Waals surface area (Å²) in [6, 6.07) is 0. The fourth-order valence-electron chi connectivity index (χ4n) is 12.0. The van der Waals surface area contributed by atoms with Gasteiger partial charge in [0.05, 0.1) is 30.5 Å². The van der Waals surface area contributed by atoms with Gasteiger partial charge in [-0.25, -0.2) is 0 Å². The maximum Gasteiger partial charge on any atom is 0.170 e. The molecular formula is C32H55NO5. The summed E-state index contributed by atoms with van der Waals surface area (Å²) in [5.74, 6) is 2.91. The maximum atomic E-state index is 10.8. The first-order valence-corrected chi connectivity index (χ1v) is 16.0. The first kappa shape index (κ1) is 26.6. The summed E-state index contributed by atoms with van der Waals surface area (Å²) in [5.41, 5.74) is 0.473. The normalized spacial score (nSPS) is 54.1. The van der Waals surface area contributed by atoms with E-state index in [2.05, 4.69) is 26.1 Å². The average Bonchev–Trinajstić information content (AvgIpc) is 3.45. The molecule has 0 amide bonds. The number of nitrogens with one attached hydrogen (secondary N) is 1. The molecule has 2 aliphatic heterocycles. The quantitative estimate of drug-likeness (QED) is 0.477. The molecule has 0 aromatic heterocycles. The minimum absolute atomic E-state index is 0. The second-order valence-corrected chi connectivity index (χ2v) is 16.1. The van der Waals surface area contributed by atoms with Crippen LogP contribution in [0.5, 0.6) is 0 Å². The van der Waals surface area contributed by atoms with Crippen LogP contribution >= 0.6 is 0 Å². The Morgan fingerprint density at radius 1 is 0.974 bits per heavy atom. The molecule has 7 rings (SSSR count). The minimum atomic E-state index is -1.12. The zero-order valence-corrected chi connectivity index (χ0v) is 24.5. The monoisotopic (exact) mass is 533 g/mol. The number of fused-ring (bicyclic) bond motifs is 4. The van der Waals surface area contributed by atoms with Gasteiger partial charge in [0, 0.05) is 14.5 Å². The molecular weight excluding hydrogens is 478 g/mol. The van der Waals surface area contributed by atoms with Crippen molar-refractivity contribution in [2.75, 3.05) is 19.7 Å². The third kappa shape index (κ3) is 3.59. The Labute approximate surface area is 231 Å². The third-order valence-electron chi connectivity index (χ3n) is 13.8. The fourth-order valence-corrected chi connectivity index (χ4v) is 12.0. The van der Waals surface area contributed by atoms with E-state index in [9.17, 15) is 10.2 Å². The van der Waals surface area contributed by atoms with Crippen LogP contribution in [-0.2, 0) is 14.2 Å². The van der Waals surface area contributed by atoms with Crippen LogP contribution in [0.1, 0.15) is 100 Å². The van der Waals surface area contributed by atoms with Gasteiger partial charge in [-0.3, -0.25) is 0 Å². The van der Waals surface area contributed by atoms with Crippen LogP contribution in [0.2, 0.25) is 0 Å². The molecule has 2 saturated heterocycles. The highest BCUT2D eigenvalue weighted by Gasteiger charge is 2.80. The number of hydrogen-bond acceptors (Lipinski definition) is 6. The molecule has 6 heteroatoms. The summed E-state index contributed by atoms with van der Waals surface area (Å²) in [7, 11) is 0. The second-order valence-electron chi connectivity index (χ2n) is 16.1. The Kier molecular flexibility index (Phi) is 6.06. The minimum Gasteiger partial charge on any atom is -0.388 e. The van der Waals surface area contributed by atoms with Crippen LogP contribution in [0.4, 0.5) is 0 Å². The van der Waals surface area contributed by atoms with Gasteiger partial charge in [0.25, 0.3) is 0 Å². The molecule has 0 radical (unpaired) electrons. The van der Waals surface area contributed by atoms with Crippen LogP contribution in [0.25, 0.3) is 0 Å². The molecule has 5 aliphatic carbocycles. The highest BCUT2D eigenvalue weighted by Crippen LogP contribution is 2.87. The molecule has 2 heterocycles. The van der Waals surface area contributed by atoms with Gasteiger partial charge in [0.2, 0.25) is 0 Å². The number of aliphatic hydroxyl groups is 2. The molecule has 2 spiro atoms. The number of rotatable bonds is 4. The zero-order valence-electron chi connectivity index (χ0n) is 24.5. The van der Waals surface area contributed by atoms with E-state index in [0.29, 0.717) is 22.2 Å². The van der Waals surface area contributed by atoms with Crippen molar-refractivity contribution in [1.82, 2.24) is 5.32 Å². The lowest BCUT2D eigenvalue weighted by Gasteiger charge is -2.60. The van der Waals surface area contributed by atoms with E-state index < -0.39 is 11.7 Å². The van der Waals surface area contributed by atoms with Gasteiger partial charge < -0.3 is 29.7 Å². The molecule has 0 aromatic rings. The van der Waals surface area contributed by atoms with Gasteiger partial charge in [-0.2, -0.15) is 0 Å². The van der Waals surface area contributed by atoms with Gasteiger partial charge in [-0.1, -0.05) is 20.8 Å². The van der Waals surface area contributed by atoms with E-state index in [1.54, 1.807) is 13.8 Å². The van der Waals surface area contributed by atoms with Crippen LogP contribution in [0.3, 0.4) is 0 Å². The van der Waals surface area contributed by atoms with Crippen LogP contribution in [0.15, 0.2) is 0 Å². The first-order valence-electron chi connectivity index (χ1n) is 16.0. The van der Waals surface area contributed by atoms with Gasteiger partial charge >= 0.3 is 0 Å². The lowest BCUT2D eigenvalue weighted by atomic mass is 9.46. The summed E-state index contributed by atoms with van der Waals surface area (Å²) in [4.78, 5) is 0. The van der Waals surface area contributed by atoms with E-state index in [0.717, 1.165) is 56.7 Å². The van der Waals surface area contributed by atoms with Crippen molar-refractivity contribution in [3.63, 3.8) is 0 Å². The van der Waals surface area contributed by atoms with E-state index in [-0.39, 0.29) is 31.4 Å². The molecule has 6 nitrogen and oxygen atoms in total. The summed E-state index contributed by atoms with van der Waals surface area (Å²) < 4.78 is 19.3. The van der Waals surface area contributed by atoms with Crippen LogP contribution < -0.4 is 5.32 Å². The van der Waals surface area contributed by atoms with Crippen LogP contribution in [0, 0.1) is 45.3 Å². The van der Waals surface area contributed by atoms with Crippen LogP contribution in [-0.4, -0.2) is 66.2 Å². The zero-order chi connectivity index (χ0) is 26.7. The lowest BCUT2D eigenvalue weighted by Crippen LogP contribution is -2.56. The Hall–Kier alpha value is -0.240. The van der Waals surface area contributed by atoms with Crippen molar-refractivity contribution in [1.29, 1.82) is 0 Å². The van der Waals surface area contributed by atoms with Gasteiger partial charge in [0.1, 0.15) is 6.10 Å². The summed E-state index contributed by atoms with van der Waals surface area (Å²) >= 11 is 0. The standard InChI is InChI=1S/C32H53NO5.H2/c1-28(2)24-9-7-19-21-16-23-20(6-8-22(37-23)27(34)29(3,4)35)30(21,5)12-13-31(19)18-32(24,31)11-10-25(28)38-26-17-33-14-15-36-26;/h19-27,33-35H,6-18H2,1-5H3;1H/t19?,20?,21?,22?,23?,24?,25-,26?,27-,30?,31?,32?;/m0./s1. The first-order chi connectivity index (χ1) is 17.9. The highest BCUT2D eigenvalue weighted by molar-refractivity contribution is 5.29. The molecule has 0 aromatic carbocycles. The van der Waals surface area contributed by atoms with E-state index in [4.69, 9.17) is 14.2 Å². The Balaban J connectivity index is 0.00000277. The molecule has 5 saturated carbocycles. The molecule has 0 bridgehead atoms. The van der Waals surface area contributed by atoms with Crippen molar-refractivity contribution in [3.8, 4) is 0 Å². The van der Waals surface area contributed by atoms with Crippen molar-refractivity contribution in [2.45, 2.75) is 135 Å². The molecule has 10 unspecified atom stereocenters. The second kappa shape index (κ2) is 8.64. The van der Waals surface area contributed by atoms with E-state index >= 15 is 0 Å². The predicted octanol–water partition coefficient (Wildman–Crippen LogP) is 4.90. The Morgan fingerprint density at radius 2 is 1.76 bits per heavy atom. The Bertz CT molecular complexity index is 934. The Morgan fingerprint density at radius 3 is 2.50 bits per heavy atom. The molecule has 7 fully saturated rings. The molecule has 7 aliphatic rings. The largest absolute Gasteiger partial charge is 0.388 e. The van der Waals surface area contributed by atoms with Gasteiger partial charge in [-0.05, 0) is 123 Å². The van der Waals surface area contributed by atoms with E-state index in [1.165, 1.54) is 44.9 Å². The number of morpholine rings is 1. The van der Waals surface area contributed by atoms with Crippen molar-refractivity contribution < 1.29 is 25.9 Å². The van der Waals surface area contributed by atoms with Crippen molar-refractivity contribution in [3.05, 3.63) is 0 Å². The maximum absolute atomic E-state index is 10.8. The third-order valence-corrected chi connectivity index (χ3v) is 13.8. The smallest absolute Gasteiger partial charge is 0.170 e. The van der Waals surface area contributed by atoms with E-state index in [1.807, 2.05) is 0 Å². The number of aliphatic hydroxyl groups excluding tert-OH is 1. The molecule has 3 N–H and O–H groups in total. The lowest BCUT2D eigenvalue weighted by molar-refractivity contribution is -0.232. The number of ether oxygens (including phenoxy) is 3. The summed E-state index contributed by atoms with van der Waals surface area (Å²) in [6.45, 7) is 13.5.